The van der Waals surface area contributed by atoms with Gasteiger partial charge in [-0.05, 0) is 72.3 Å². The van der Waals surface area contributed by atoms with Crippen molar-refractivity contribution < 1.29 is 4.79 Å². The second-order valence-corrected chi connectivity index (χ2v) is 6.44. The lowest BCUT2D eigenvalue weighted by molar-refractivity contribution is -0.118. The van der Waals surface area contributed by atoms with Crippen LogP contribution in [0.2, 0.25) is 0 Å². The molecule has 1 unspecified atom stereocenters. The summed E-state index contributed by atoms with van der Waals surface area (Å²) in [5, 5.41) is 6.36. The second-order valence-electron chi connectivity index (χ2n) is 5.69. The van der Waals surface area contributed by atoms with Crippen LogP contribution in [0.1, 0.15) is 24.8 Å². The molecule has 102 valence electrons. The minimum absolute atomic E-state index is 0.158. The molecule has 1 spiro atoms. The van der Waals surface area contributed by atoms with Gasteiger partial charge in [0.15, 0.2) is 0 Å². The molecule has 2 aliphatic rings. The second kappa shape index (κ2) is 4.87. The van der Waals surface area contributed by atoms with Crippen LogP contribution in [-0.4, -0.2) is 24.0 Å². The van der Waals surface area contributed by atoms with Gasteiger partial charge in [-0.15, -0.1) is 0 Å². The Balaban J connectivity index is 1.64. The molecule has 0 aromatic carbocycles. The number of carbonyl (C=O) groups is 1. The maximum atomic E-state index is 12.3. The Kier molecular flexibility index (Phi) is 3.35. The highest BCUT2D eigenvalue weighted by atomic mass is 79.9. The first kappa shape index (κ1) is 13.1. The van der Waals surface area contributed by atoms with Gasteiger partial charge in [-0.3, -0.25) is 4.79 Å². The normalized spacial score (nSPS) is 24.2. The molecule has 0 radical (unpaired) electrons. The molecule has 2 fully saturated rings. The van der Waals surface area contributed by atoms with Gasteiger partial charge < -0.3 is 10.6 Å². The van der Waals surface area contributed by atoms with Crippen molar-refractivity contribution in [2.75, 3.05) is 18.4 Å². The molecule has 4 nitrogen and oxygen atoms in total. The Morgan fingerprint density at radius 2 is 2.26 bits per heavy atom. The Hall–Kier alpha value is -0.940. The van der Waals surface area contributed by atoms with Gasteiger partial charge in [-0.1, -0.05) is 0 Å². The van der Waals surface area contributed by atoms with Gasteiger partial charge in [-0.2, -0.15) is 0 Å². The average molecular weight is 324 g/mol. The summed E-state index contributed by atoms with van der Waals surface area (Å²) in [7, 11) is 0. The minimum atomic E-state index is 0.158. The summed E-state index contributed by atoms with van der Waals surface area (Å²) in [4.78, 5) is 16.5. The van der Waals surface area contributed by atoms with E-state index < -0.39 is 0 Å². The molecule has 0 bridgehead atoms. The maximum absolute atomic E-state index is 12.3. The third-order valence-corrected chi connectivity index (χ3v) is 5.22. The zero-order chi connectivity index (χ0) is 13.5. The molecular formula is C14H18BrN3O. The van der Waals surface area contributed by atoms with E-state index in [2.05, 4.69) is 31.5 Å². The molecule has 2 N–H and O–H groups in total. The zero-order valence-electron chi connectivity index (χ0n) is 11.0. The number of amides is 1. The lowest BCUT2D eigenvalue weighted by Gasteiger charge is -2.23. The van der Waals surface area contributed by atoms with Crippen LogP contribution in [0.4, 0.5) is 5.69 Å². The average Bonchev–Trinajstić information content (AvgIpc) is 3.08. The van der Waals surface area contributed by atoms with E-state index in [0.717, 1.165) is 48.2 Å². The van der Waals surface area contributed by atoms with Crippen LogP contribution in [0.25, 0.3) is 0 Å². The molecule has 1 saturated carbocycles. The SMILES string of the molecule is Cc1cc(NC(=O)C2CC23CCNCC3)cnc1Br. The molecule has 1 aromatic rings. The van der Waals surface area contributed by atoms with Crippen LogP contribution < -0.4 is 10.6 Å². The molecule has 1 amide bonds. The number of nitrogens with zero attached hydrogens (tertiary/aromatic N) is 1. The molecule has 1 atom stereocenters. The fourth-order valence-corrected chi connectivity index (χ4v) is 3.27. The van der Waals surface area contributed by atoms with Gasteiger partial charge in [0.05, 0.1) is 11.9 Å². The number of aryl methyl sites for hydroxylation is 1. The Labute approximate surface area is 121 Å². The standard InChI is InChI=1S/C14H18BrN3O/c1-9-6-10(8-17-12(9)15)18-13(19)11-7-14(11)2-4-16-5-3-14/h6,8,11,16H,2-5,7H2,1H3,(H,18,19). The molecule has 1 saturated heterocycles. The Morgan fingerprint density at radius 3 is 2.95 bits per heavy atom. The van der Waals surface area contributed by atoms with Crippen LogP contribution in [0.15, 0.2) is 16.9 Å². The number of hydrogen-bond acceptors (Lipinski definition) is 3. The summed E-state index contributed by atoms with van der Waals surface area (Å²) < 4.78 is 0.826. The van der Waals surface area contributed by atoms with Crippen molar-refractivity contribution in [1.82, 2.24) is 10.3 Å². The Bertz CT molecular complexity index is 511. The van der Waals surface area contributed by atoms with E-state index >= 15 is 0 Å². The van der Waals surface area contributed by atoms with E-state index in [1.54, 1.807) is 6.20 Å². The molecule has 19 heavy (non-hydrogen) atoms. The number of aromatic nitrogens is 1. The number of pyridine rings is 1. The van der Waals surface area contributed by atoms with E-state index in [-0.39, 0.29) is 17.2 Å². The number of anilines is 1. The number of hydrogen-bond donors (Lipinski definition) is 2. The lowest BCUT2D eigenvalue weighted by atomic mass is 9.92. The van der Waals surface area contributed by atoms with Crippen LogP contribution in [0.3, 0.4) is 0 Å². The molecule has 1 aliphatic carbocycles. The van der Waals surface area contributed by atoms with E-state index in [1.165, 1.54) is 0 Å². The number of carbonyl (C=O) groups excluding carboxylic acids is 1. The van der Waals surface area contributed by atoms with Gasteiger partial charge in [0.1, 0.15) is 4.60 Å². The fourth-order valence-electron chi connectivity index (χ4n) is 3.05. The summed E-state index contributed by atoms with van der Waals surface area (Å²) in [6.07, 6.45) is 5.00. The highest BCUT2D eigenvalue weighted by Crippen LogP contribution is 2.58. The van der Waals surface area contributed by atoms with E-state index in [9.17, 15) is 4.79 Å². The highest BCUT2D eigenvalue weighted by molar-refractivity contribution is 9.10. The van der Waals surface area contributed by atoms with Crippen molar-refractivity contribution in [2.24, 2.45) is 11.3 Å². The summed E-state index contributed by atoms with van der Waals surface area (Å²) >= 11 is 3.36. The summed E-state index contributed by atoms with van der Waals surface area (Å²) in [6.45, 7) is 4.06. The number of nitrogens with one attached hydrogen (secondary N) is 2. The van der Waals surface area contributed by atoms with Gasteiger partial charge in [0.25, 0.3) is 0 Å². The quantitative estimate of drug-likeness (QED) is 0.822. The first-order valence-corrected chi connectivity index (χ1v) is 7.54. The van der Waals surface area contributed by atoms with E-state index in [1.807, 2.05) is 13.0 Å². The van der Waals surface area contributed by atoms with Crippen LogP contribution in [0.5, 0.6) is 0 Å². The third kappa shape index (κ3) is 2.54. The van der Waals surface area contributed by atoms with Crippen molar-refractivity contribution in [3.05, 3.63) is 22.4 Å². The first-order valence-electron chi connectivity index (χ1n) is 6.74. The van der Waals surface area contributed by atoms with Crippen molar-refractivity contribution in [1.29, 1.82) is 0 Å². The van der Waals surface area contributed by atoms with Gasteiger partial charge in [0.2, 0.25) is 5.91 Å². The predicted octanol–water partition coefficient (Wildman–Crippen LogP) is 2.48. The van der Waals surface area contributed by atoms with Crippen LogP contribution in [0, 0.1) is 18.3 Å². The molecule has 1 aromatic heterocycles. The molecule has 1 aliphatic heterocycles. The van der Waals surface area contributed by atoms with Crippen molar-refractivity contribution >= 4 is 27.5 Å². The molecular weight excluding hydrogens is 306 g/mol. The lowest BCUT2D eigenvalue weighted by Crippen LogP contribution is -2.31. The fraction of sp³-hybridized carbons (Fsp3) is 0.571. The maximum Gasteiger partial charge on any atom is 0.228 e. The number of piperidine rings is 1. The number of rotatable bonds is 2. The molecule has 2 heterocycles. The first-order chi connectivity index (χ1) is 9.11. The smallest absolute Gasteiger partial charge is 0.228 e. The Morgan fingerprint density at radius 1 is 1.53 bits per heavy atom. The van der Waals surface area contributed by atoms with E-state index in [0.29, 0.717) is 0 Å². The third-order valence-electron chi connectivity index (χ3n) is 4.39. The highest BCUT2D eigenvalue weighted by Gasteiger charge is 2.57. The predicted molar refractivity (Wildman–Crippen MR) is 77.9 cm³/mol. The van der Waals surface area contributed by atoms with Crippen molar-refractivity contribution in [2.45, 2.75) is 26.2 Å². The van der Waals surface area contributed by atoms with Crippen LogP contribution in [-0.2, 0) is 4.79 Å². The summed E-state index contributed by atoms with van der Waals surface area (Å²) in [6, 6.07) is 1.95. The van der Waals surface area contributed by atoms with Gasteiger partial charge >= 0.3 is 0 Å². The van der Waals surface area contributed by atoms with Crippen molar-refractivity contribution in [3.63, 3.8) is 0 Å². The van der Waals surface area contributed by atoms with Gasteiger partial charge in [0, 0.05) is 5.92 Å². The van der Waals surface area contributed by atoms with Crippen LogP contribution >= 0.6 is 15.9 Å². The number of halogens is 1. The monoisotopic (exact) mass is 323 g/mol. The van der Waals surface area contributed by atoms with Gasteiger partial charge in [-0.25, -0.2) is 4.98 Å². The molecule has 3 rings (SSSR count). The van der Waals surface area contributed by atoms with E-state index in [4.69, 9.17) is 0 Å². The summed E-state index contributed by atoms with van der Waals surface area (Å²) in [5.41, 5.74) is 2.11. The molecule has 5 heteroatoms. The largest absolute Gasteiger partial charge is 0.324 e. The summed E-state index contributed by atoms with van der Waals surface area (Å²) in [5.74, 6) is 0.351. The van der Waals surface area contributed by atoms with Crippen molar-refractivity contribution in [3.8, 4) is 0 Å². The minimum Gasteiger partial charge on any atom is -0.324 e. The zero-order valence-corrected chi connectivity index (χ0v) is 12.6. The topological polar surface area (TPSA) is 54.0 Å².